The van der Waals surface area contributed by atoms with E-state index >= 15 is 0 Å². The second-order valence-electron chi connectivity index (χ2n) is 6.93. The van der Waals surface area contributed by atoms with Crippen LogP contribution >= 0.6 is 0 Å². The Labute approximate surface area is 145 Å². The van der Waals surface area contributed by atoms with Gasteiger partial charge < -0.3 is 10.1 Å². The van der Waals surface area contributed by atoms with Crippen molar-refractivity contribution in [2.24, 2.45) is 0 Å². The molecule has 0 radical (unpaired) electrons. The molecule has 0 bridgehead atoms. The van der Waals surface area contributed by atoms with Gasteiger partial charge in [-0.25, -0.2) is 5.10 Å². The molecule has 1 saturated carbocycles. The number of hydrogen-bond donors (Lipinski definition) is 2. The van der Waals surface area contributed by atoms with Gasteiger partial charge in [-0.1, -0.05) is 12.1 Å². The van der Waals surface area contributed by atoms with Crippen molar-refractivity contribution in [3.8, 4) is 5.75 Å². The summed E-state index contributed by atoms with van der Waals surface area (Å²) in [4.78, 5) is 24.4. The molecule has 2 N–H and O–H groups in total. The van der Waals surface area contributed by atoms with Crippen LogP contribution in [0.25, 0.3) is 0 Å². The maximum Gasteiger partial charge on any atom is 0.264 e. The topological polar surface area (TPSA) is 84.1 Å². The molecule has 6 heteroatoms. The fraction of sp³-hybridized carbons (Fsp3) is 0.421. The van der Waals surface area contributed by atoms with Crippen molar-refractivity contribution in [1.29, 1.82) is 0 Å². The van der Waals surface area contributed by atoms with E-state index in [1.807, 2.05) is 24.3 Å². The van der Waals surface area contributed by atoms with Gasteiger partial charge in [0.2, 0.25) is 5.91 Å². The Morgan fingerprint density at radius 1 is 1.32 bits per heavy atom. The summed E-state index contributed by atoms with van der Waals surface area (Å²) in [6, 6.07) is 9.40. The molecule has 6 nitrogen and oxygen atoms in total. The number of aromatic amines is 1. The molecule has 1 aromatic carbocycles. The first-order chi connectivity index (χ1) is 12.1. The Hall–Kier alpha value is -2.63. The standard InChI is InChI=1S/C19H21N3O3/c1-25-15-5-2-13(3-6-15)19(8-9-19)18(24)20-14-4-7-16-12(10-14)11-17(23)22-21-16/h2-3,5-6,11,14H,4,7-10H2,1H3,(H,20,24)(H,22,23). The monoisotopic (exact) mass is 339 g/mol. The maximum absolute atomic E-state index is 12.9. The zero-order valence-electron chi connectivity index (χ0n) is 14.2. The van der Waals surface area contributed by atoms with Crippen molar-refractivity contribution in [1.82, 2.24) is 15.5 Å². The van der Waals surface area contributed by atoms with E-state index < -0.39 is 5.41 Å². The van der Waals surface area contributed by atoms with E-state index in [-0.39, 0.29) is 17.5 Å². The summed E-state index contributed by atoms with van der Waals surface area (Å²) in [5, 5.41) is 9.77. The molecule has 2 aliphatic rings. The lowest BCUT2D eigenvalue weighted by atomic mass is 9.90. The van der Waals surface area contributed by atoms with Gasteiger partial charge >= 0.3 is 0 Å². The molecule has 1 fully saturated rings. The number of benzene rings is 1. The molecule has 0 aliphatic heterocycles. The van der Waals surface area contributed by atoms with Gasteiger partial charge in [-0.05, 0) is 55.4 Å². The van der Waals surface area contributed by atoms with Gasteiger partial charge in [0, 0.05) is 12.1 Å². The normalized spacial score (nSPS) is 20.4. The van der Waals surface area contributed by atoms with Crippen LogP contribution in [-0.2, 0) is 23.1 Å². The summed E-state index contributed by atoms with van der Waals surface area (Å²) in [6.45, 7) is 0. The predicted octanol–water partition coefficient (Wildman–Crippen LogP) is 1.48. The van der Waals surface area contributed by atoms with Crippen molar-refractivity contribution >= 4 is 5.91 Å². The maximum atomic E-state index is 12.9. The molecule has 0 saturated heterocycles. The third-order valence-corrected chi connectivity index (χ3v) is 5.34. The summed E-state index contributed by atoms with van der Waals surface area (Å²) in [5.41, 5.74) is 2.32. The van der Waals surface area contributed by atoms with Crippen molar-refractivity contribution in [2.45, 2.75) is 43.6 Å². The lowest BCUT2D eigenvalue weighted by molar-refractivity contribution is -0.124. The number of methoxy groups -OCH3 is 1. The van der Waals surface area contributed by atoms with Crippen molar-refractivity contribution in [3.05, 3.63) is 57.5 Å². The third kappa shape index (κ3) is 2.92. The first kappa shape index (κ1) is 15.9. The van der Waals surface area contributed by atoms with Gasteiger partial charge in [-0.2, -0.15) is 5.10 Å². The average Bonchev–Trinajstić information content (AvgIpc) is 3.43. The first-order valence-corrected chi connectivity index (χ1v) is 8.64. The molecule has 4 rings (SSSR count). The number of ether oxygens (including phenoxy) is 1. The van der Waals surface area contributed by atoms with Crippen LogP contribution in [0, 0.1) is 0 Å². The number of nitrogens with zero attached hydrogens (tertiary/aromatic N) is 1. The van der Waals surface area contributed by atoms with E-state index in [0.717, 1.165) is 48.3 Å². The van der Waals surface area contributed by atoms with Crippen LogP contribution in [0.5, 0.6) is 5.75 Å². The lowest BCUT2D eigenvalue weighted by Gasteiger charge is -2.26. The molecule has 1 amide bonds. The summed E-state index contributed by atoms with van der Waals surface area (Å²) < 4.78 is 5.19. The van der Waals surface area contributed by atoms with E-state index in [9.17, 15) is 9.59 Å². The van der Waals surface area contributed by atoms with Crippen LogP contribution in [0.15, 0.2) is 35.1 Å². The van der Waals surface area contributed by atoms with Crippen LogP contribution in [0.3, 0.4) is 0 Å². The highest BCUT2D eigenvalue weighted by molar-refractivity contribution is 5.91. The minimum absolute atomic E-state index is 0.0549. The van der Waals surface area contributed by atoms with Crippen molar-refractivity contribution < 1.29 is 9.53 Å². The minimum atomic E-state index is -0.404. The Morgan fingerprint density at radius 3 is 2.76 bits per heavy atom. The fourth-order valence-electron chi connectivity index (χ4n) is 3.67. The van der Waals surface area contributed by atoms with Crippen LogP contribution < -0.4 is 15.6 Å². The second kappa shape index (κ2) is 6.02. The van der Waals surface area contributed by atoms with Gasteiger partial charge in [0.05, 0.1) is 18.2 Å². The number of fused-ring (bicyclic) bond motifs is 1. The van der Waals surface area contributed by atoms with Gasteiger partial charge in [0.25, 0.3) is 5.56 Å². The molecular formula is C19H21N3O3. The van der Waals surface area contributed by atoms with Crippen LogP contribution in [0.2, 0.25) is 0 Å². The summed E-state index contributed by atoms with van der Waals surface area (Å²) in [5.74, 6) is 0.880. The highest BCUT2D eigenvalue weighted by atomic mass is 16.5. The van der Waals surface area contributed by atoms with E-state index in [1.54, 1.807) is 13.2 Å². The molecular weight excluding hydrogens is 318 g/mol. The van der Waals surface area contributed by atoms with Crippen LogP contribution in [-0.4, -0.2) is 29.3 Å². The molecule has 0 spiro atoms. The summed E-state index contributed by atoms with van der Waals surface area (Å²) in [7, 11) is 1.63. The molecule has 130 valence electrons. The Bertz CT molecular complexity index is 853. The third-order valence-electron chi connectivity index (χ3n) is 5.34. The lowest BCUT2D eigenvalue weighted by Crippen LogP contribution is -2.44. The van der Waals surface area contributed by atoms with E-state index in [4.69, 9.17) is 4.74 Å². The number of carbonyl (C=O) groups is 1. The molecule has 1 atom stereocenters. The number of nitrogens with one attached hydrogen (secondary N) is 2. The number of carbonyl (C=O) groups excluding carboxylic acids is 1. The molecule has 2 aromatic rings. The molecule has 1 unspecified atom stereocenters. The van der Waals surface area contributed by atoms with Crippen molar-refractivity contribution in [2.75, 3.05) is 7.11 Å². The van der Waals surface area contributed by atoms with Gasteiger partial charge in [-0.15, -0.1) is 0 Å². The van der Waals surface area contributed by atoms with Gasteiger partial charge in [-0.3, -0.25) is 9.59 Å². The minimum Gasteiger partial charge on any atom is -0.497 e. The van der Waals surface area contributed by atoms with Gasteiger partial charge in [0.1, 0.15) is 5.75 Å². The molecule has 1 aromatic heterocycles. The highest BCUT2D eigenvalue weighted by Crippen LogP contribution is 2.48. The number of rotatable bonds is 4. The zero-order valence-corrected chi connectivity index (χ0v) is 14.2. The summed E-state index contributed by atoms with van der Waals surface area (Å²) >= 11 is 0. The first-order valence-electron chi connectivity index (χ1n) is 8.64. The molecule has 2 aliphatic carbocycles. The number of hydrogen-bond acceptors (Lipinski definition) is 4. The zero-order chi connectivity index (χ0) is 17.4. The molecule has 25 heavy (non-hydrogen) atoms. The van der Waals surface area contributed by atoms with E-state index in [0.29, 0.717) is 6.42 Å². The summed E-state index contributed by atoms with van der Waals surface area (Å²) in [6.07, 6.45) is 4.02. The number of amides is 1. The predicted molar refractivity (Wildman–Crippen MR) is 92.7 cm³/mol. The highest BCUT2D eigenvalue weighted by Gasteiger charge is 2.51. The quantitative estimate of drug-likeness (QED) is 0.884. The van der Waals surface area contributed by atoms with Gasteiger partial charge in [0.15, 0.2) is 0 Å². The Kier molecular flexibility index (Phi) is 3.82. The van der Waals surface area contributed by atoms with Crippen LogP contribution in [0.4, 0.5) is 0 Å². The Balaban J connectivity index is 1.47. The van der Waals surface area contributed by atoms with E-state index in [1.165, 1.54) is 0 Å². The average molecular weight is 339 g/mol. The number of aryl methyl sites for hydroxylation is 1. The van der Waals surface area contributed by atoms with E-state index in [2.05, 4.69) is 15.5 Å². The molecule has 1 heterocycles. The number of aromatic nitrogens is 2. The van der Waals surface area contributed by atoms with Crippen molar-refractivity contribution in [3.63, 3.8) is 0 Å². The Morgan fingerprint density at radius 2 is 2.08 bits per heavy atom. The fourth-order valence-corrected chi connectivity index (χ4v) is 3.67. The van der Waals surface area contributed by atoms with Crippen LogP contribution in [0.1, 0.15) is 36.1 Å². The SMILES string of the molecule is COc1ccc(C2(C(=O)NC3CCc4n[nH]c(=O)cc4C3)CC2)cc1. The smallest absolute Gasteiger partial charge is 0.264 e. The number of H-pyrrole nitrogens is 1. The second-order valence-corrected chi connectivity index (χ2v) is 6.93. The largest absolute Gasteiger partial charge is 0.497 e.